The fourth-order valence-electron chi connectivity index (χ4n) is 3.49. The summed E-state index contributed by atoms with van der Waals surface area (Å²) in [6.07, 6.45) is 0. The largest absolute Gasteiger partial charge is 0.495 e. The van der Waals surface area contributed by atoms with Crippen LogP contribution in [0.5, 0.6) is 5.75 Å². The predicted molar refractivity (Wildman–Crippen MR) is 107 cm³/mol. The number of nitrogens with zero attached hydrogens (tertiary/aromatic N) is 2. The molecule has 0 unspecified atom stereocenters. The van der Waals surface area contributed by atoms with Gasteiger partial charge in [-0.3, -0.25) is 14.9 Å². The molecule has 0 aromatic heterocycles. The van der Waals surface area contributed by atoms with E-state index in [1.807, 2.05) is 31.2 Å². The number of ether oxygens (including phenoxy) is 1. The van der Waals surface area contributed by atoms with Gasteiger partial charge in [-0.15, -0.1) is 0 Å². The van der Waals surface area contributed by atoms with Gasteiger partial charge in [0.2, 0.25) is 0 Å². The lowest BCUT2D eigenvalue weighted by Crippen LogP contribution is -3.19. The molecule has 1 amide bonds. The van der Waals surface area contributed by atoms with Crippen LogP contribution in [0, 0.1) is 10.1 Å². The van der Waals surface area contributed by atoms with Crippen LogP contribution >= 0.6 is 0 Å². The molecule has 0 bridgehead atoms. The van der Waals surface area contributed by atoms with Gasteiger partial charge >= 0.3 is 0 Å². The van der Waals surface area contributed by atoms with Crippen LogP contribution < -0.4 is 19.9 Å². The molecule has 0 aliphatic carbocycles. The first kappa shape index (κ1) is 19.6. The molecule has 0 radical (unpaired) electrons. The normalized spacial score (nSPS) is 15.7. The van der Waals surface area contributed by atoms with Crippen LogP contribution in [0.3, 0.4) is 0 Å². The maximum atomic E-state index is 12.6. The van der Waals surface area contributed by atoms with Gasteiger partial charge in [0, 0.05) is 17.8 Å². The zero-order valence-corrected chi connectivity index (χ0v) is 16.1. The number of nitro benzene ring substituents is 1. The van der Waals surface area contributed by atoms with Crippen molar-refractivity contribution >= 4 is 23.0 Å². The van der Waals surface area contributed by atoms with E-state index >= 15 is 0 Å². The van der Waals surface area contributed by atoms with Gasteiger partial charge in [0.05, 0.1) is 43.9 Å². The number of methoxy groups -OCH3 is 1. The number of carbonyl (C=O) groups is 1. The Morgan fingerprint density at radius 1 is 1.21 bits per heavy atom. The molecule has 1 saturated heterocycles. The molecule has 148 valence electrons. The number of hydrogen-bond acceptors (Lipinski definition) is 5. The van der Waals surface area contributed by atoms with Crippen LogP contribution in [0.25, 0.3) is 0 Å². The van der Waals surface area contributed by atoms with E-state index in [0.717, 1.165) is 37.6 Å². The minimum atomic E-state index is -0.471. The maximum Gasteiger partial charge on any atom is 0.282 e. The number of non-ortho nitro benzene ring substituents is 1. The Kier molecular flexibility index (Phi) is 6.10. The Morgan fingerprint density at radius 3 is 2.61 bits per heavy atom. The number of quaternary nitrogens is 1. The molecule has 1 atom stereocenters. The Bertz CT molecular complexity index is 850. The predicted octanol–water partition coefficient (Wildman–Crippen LogP) is 1.34. The number of amides is 1. The van der Waals surface area contributed by atoms with Crippen molar-refractivity contribution in [1.82, 2.24) is 0 Å². The number of nitrogens with one attached hydrogen (secondary N) is 2. The average Bonchev–Trinajstić information content (AvgIpc) is 2.73. The molecular weight excluding hydrogens is 360 g/mol. The van der Waals surface area contributed by atoms with E-state index in [1.54, 1.807) is 19.2 Å². The van der Waals surface area contributed by atoms with Crippen LogP contribution in [-0.2, 0) is 4.79 Å². The number of hydrogen-bond donors (Lipinski definition) is 2. The van der Waals surface area contributed by atoms with Crippen molar-refractivity contribution in [3.8, 4) is 5.75 Å². The third-order valence-corrected chi connectivity index (χ3v) is 5.16. The molecule has 3 rings (SSSR count). The molecule has 1 heterocycles. The van der Waals surface area contributed by atoms with Gasteiger partial charge in [0.1, 0.15) is 5.75 Å². The van der Waals surface area contributed by atoms with Gasteiger partial charge in [-0.05, 0) is 25.1 Å². The molecular formula is C20H25N4O4+. The summed E-state index contributed by atoms with van der Waals surface area (Å²) in [5.41, 5.74) is 1.47. The second-order valence-corrected chi connectivity index (χ2v) is 6.84. The lowest BCUT2D eigenvalue weighted by Gasteiger charge is -2.36. The van der Waals surface area contributed by atoms with E-state index in [9.17, 15) is 14.9 Å². The van der Waals surface area contributed by atoms with E-state index in [2.05, 4.69) is 10.2 Å². The first-order valence-electron chi connectivity index (χ1n) is 9.27. The number of carbonyl (C=O) groups excluding carboxylic acids is 1. The van der Waals surface area contributed by atoms with Crippen molar-refractivity contribution in [2.45, 2.75) is 13.0 Å². The van der Waals surface area contributed by atoms with Crippen LogP contribution in [0.2, 0.25) is 0 Å². The average molecular weight is 385 g/mol. The summed E-state index contributed by atoms with van der Waals surface area (Å²) in [6.45, 7) is 5.18. The van der Waals surface area contributed by atoms with E-state index in [-0.39, 0.29) is 17.6 Å². The summed E-state index contributed by atoms with van der Waals surface area (Å²) in [5.74, 6) is 0.712. The van der Waals surface area contributed by atoms with Crippen LogP contribution in [-0.4, -0.2) is 50.2 Å². The molecule has 1 aliphatic heterocycles. The lowest BCUT2D eigenvalue weighted by molar-refractivity contribution is -0.914. The summed E-state index contributed by atoms with van der Waals surface area (Å²) < 4.78 is 5.44. The standard InChI is InChI=1S/C20H24N4O4/c1-15(20(25)21-16-6-5-7-17(14-16)24(26)27)22-10-12-23(13-11-22)18-8-3-4-9-19(18)28-2/h3-9,14-15H,10-13H2,1-2H3,(H,21,25)/p+1/t15-/m1/s1. The van der Waals surface area contributed by atoms with Crippen molar-refractivity contribution in [1.29, 1.82) is 0 Å². The minimum absolute atomic E-state index is 0.0387. The summed E-state index contributed by atoms with van der Waals surface area (Å²) >= 11 is 0. The zero-order valence-electron chi connectivity index (χ0n) is 16.1. The quantitative estimate of drug-likeness (QED) is 0.579. The van der Waals surface area contributed by atoms with E-state index < -0.39 is 4.92 Å². The summed E-state index contributed by atoms with van der Waals surface area (Å²) in [5, 5.41) is 13.7. The van der Waals surface area contributed by atoms with Crippen molar-refractivity contribution in [3.05, 3.63) is 58.6 Å². The molecule has 1 aliphatic rings. The van der Waals surface area contributed by atoms with Gasteiger partial charge in [0.15, 0.2) is 6.04 Å². The lowest BCUT2D eigenvalue weighted by atomic mass is 10.2. The number of para-hydroxylation sites is 2. The molecule has 8 heteroatoms. The molecule has 1 fully saturated rings. The molecule has 28 heavy (non-hydrogen) atoms. The van der Waals surface area contributed by atoms with E-state index in [1.165, 1.54) is 17.0 Å². The highest BCUT2D eigenvalue weighted by Crippen LogP contribution is 2.27. The Balaban J connectivity index is 1.59. The number of piperazine rings is 1. The molecule has 8 nitrogen and oxygen atoms in total. The Morgan fingerprint density at radius 2 is 1.93 bits per heavy atom. The second kappa shape index (κ2) is 8.71. The van der Waals surface area contributed by atoms with Crippen molar-refractivity contribution < 1.29 is 19.4 Å². The molecule has 0 saturated carbocycles. The van der Waals surface area contributed by atoms with Gasteiger partial charge in [-0.2, -0.15) is 0 Å². The summed E-state index contributed by atoms with van der Waals surface area (Å²) in [4.78, 5) is 26.5. The fourth-order valence-corrected chi connectivity index (χ4v) is 3.49. The van der Waals surface area contributed by atoms with E-state index in [4.69, 9.17) is 4.74 Å². The topological polar surface area (TPSA) is 89.2 Å². The maximum absolute atomic E-state index is 12.6. The minimum Gasteiger partial charge on any atom is -0.495 e. The monoisotopic (exact) mass is 385 g/mol. The molecule has 2 aromatic rings. The molecule has 2 N–H and O–H groups in total. The SMILES string of the molecule is COc1ccccc1N1CC[NH+]([C@H](C)C(=O)Nc2cccc([N+](=O)[O-])c2)CC1. The highest BCUT2D eigenvalue weighted by Gasteiger charge is 2.30. The van der Waals surface area contributed by atoms with Gasteiger partial charge in [-0.1, -0.05) is 18.2 Å². The molecule has 2 aromatic carbocycles. The highest BCUT2D eigenvalue weighted by atomic mass is 16.6. The zero-order chi connectivity index (χ0) is 20.1. The smallest absolute Gasteiger partial charge is 0.282 e. The third kappa shape index (κ3) is 4.40. The van der Waals surface area contributed by atoms with Crippen LogP contribution in [0.1, 0.15) is 6.92 Å². The summed E-state index contributed by atoms with van der Waals surface area (Å²) in [7, 11) is 1.67. The number of benzene rings is 2. The third-order valence-electron chi connectivity index (χ3n) is 5.16. The molecule has 0 spiro atoms. The fraction of sp³-hybridized carbons (Fsp3) is 0.350. The first-order valence-corrected chi connectivity index (χ1v) is 9.27. The number of rotatable bonds is 6. The highest BCUT2D eigenvalue weighted by molar-refractivity contribution is 5.93. The number of nitro groups is 1. The van der Waals surface area contributed by atoms with Crippen molar-refractivity contribution in [2.24, 2.45) is 0 Å². The van der Waals surface area contributed by atoms with Crippen molar-refractivity contribution in [2.75, 3.05) is 43.5 Å². The van der Waals surface area contributed by atoms with Crippen LogP contribution in [0.4, 0.5) is 17.1 Å². The van der Waals surface area contributed by atoms with Crippen LogP contribution in [0.15, 0.2) is 48.5 Å². The number of anilines is 2. The van der Waals surface area contributed by atoms with Gasteiger partial charge in [0.25, 0.3) is 11.6 Å². The first-order chi connectivity index (χ1) is 13.5. The van der Waals surface area contributed by atoms with Gasteiger partial charge < -0.3 is 19.9 Å². The second-order valence-electron chi connectivity index (χ2n) is 6.84. The summed E-state index contributed by atoms with van der Waals surface area (Å²) in [6, 6.07) is 13.7. The Hall–Kier alpha value is -3.13. The van der Waals surface area contributed by atoms with E-state index in [0.29, 0.717) is 5.69 Å². The Labute approximate surface area is 163 Å². The van der Waals surface area contributed by atoms with Gasteiger partial charge in [-0.25, -0.2) is 0 Å². The van der Waals surface area contributed by atoms with Crippen molar-refractivity contribution in [3.63, 3.8) is 0 Å².